The first-order chi connectivity index (χ1) is 13.0. The summed E-state index contributed by atoms with van der Waals surface area (Å²) < 4.78 is 29.0. The molecule has 0 aliphatic carbocycles. The van der Waals surface area contributed by atoms with E-state index in [0.717, 1.165) is 12.1 Å². The average molecular weight is 387 g/mol. The van der Waals surface area contributed by atoms with E-state index in [2.05, 4.69) is 10.3 Å². The lowest BCUT2D eigenvalue weighted by molar-refractivity contribution is -0.120. The number of benzene rings is 2. The van der Waals surface area contributed by atoms with Crippen LogP contribution in [0.25, 0.3) is 11.0 Å². The molecule has 0 bridgehead atoms. The summed E-state index contributed by atoms with van der Waals surface area (Å²) in [6.45, 7) is 7.15. The molecule has 0 spiro atoms. The van der Waals surface area contributed by atoms with Crippen molar-refractivity contribution in [3.63, 3.8) is 0 Å². The van der Waals surface area contributed by atoms with Crippen LogP contribution in [-0.4, -0.2) is 20.6 Å². The Morgan fingerprint density at radius 3 is 2.32 bits per heavy atom. The molecule has 1 heterocycles. The predicted octanol–water partition coefficient (Wildman–Crippen LogP) is 4.31. The molecule has 7 heteroatoms. The summed E-state index contributed by atoms with van der Waals surface area (Å²) in [6.07, 6.45) is -0.201. The number of anilines is 1. The molecule has 1 aromatic heterocycles. The zero-order valence-corrected chi connectivity index (χ0v) is 16.3. The fourth-order valence-electron chi connectivity index (χ4n) is 3.22. The van der Waals surface area contributed by atoms with Crippen LogP contribution >= 0.6 is 0 Å². The molecule has 0 unspecified atom stereocenters. The van der Waals surface area contributed by atoms with Gasteiger partial charge in [0.05, 0.1) is 23.1 Å². The molecular formula is C21H23F2N3O2. The smallest absolute Gasteiger partial charge is 0.229 e. The Morgan fingerprint density at radius 1 is 1.11 bits per heavy atom. The zero-order valence-electron chi connectivity index (χ0n) is 16.3. The van der Waals surface area contributed by atoms with E-state index in [-0.39, 0.29) is 17.9 Å². The summed E-state index contributed by atoms with van der Waals surface area (Å²) in [5.74, 6) is -2.28. The third-order valence-corrected chi connectivity index (χ3v) is 4.52. The summed E-state index contributed by atoms with van der Waals surface area (Å²) in [4.78, 5) is 16.9. The Kier molecular flexibility index (Phi) is 4.97. The highest BCUT2D eigenvalue weighted by molar-refractivity contribution is 5.92. The number of hydrogen-bond donors (Lipinski definition) is 2. The van der Waals surface area contributed by atoms with Crippen molar-refractivity contribution < 1.29 is 18.7 Å². The summed E-state index contributed by atoms with van der Waals surface area (Å²) in [6, 6.07) is 10.9. The number of hydrogen-bond acceptors (Lipinski definition) is 3. The fraction of sp³-hybridized carbons (Fsp3) is 0.333. The number of nitrogens with one attached hydrogen (secondary N) is 1. The van der Waals surface area contributed by atoms with Gasteiger partial charge >= 0.3 is 0 Å². The SMILES string of the molecule is CC(C)(C)n1c(NC(=O)C[C@](C)(O)c2ccccc2)nc2cc(F)c(F)cc21. The molecule has 3 aromatic rings. The van der Waals surface area contributed by atoms with Crippen LogP contribution in [0.15, 0.2) is 42.5 Å². The molecule has 148 valence electrons. The summed E-state index contributed by atoms with van der Waals surface area (Å²) in [7, 11) is 0. The molecule has 1 amide bonds. The van der Waals surface area contributed by atoms with Gasteiger partial charge in [0.1, 0.15) is 0 Å². The number of aliphatic hydroxyl groups is 1. The van der Waals surface area contributed by atoms with Crippen LogP contribution in [0.2, 0.25) is 0 Å². The monoisotopic (exact) mass is 387 g/mol. The number of aromatic nitrogens is 2. The van der Waals surface area contributed by atoms with Gasteiger partial charge in [0.15, 0.2) is 11.6 Å². The van der Waals surface area contributed by atoms with Crippen LogP contribution in [0.3, 0.4) is 0 Å². The molecule has 1 atom stereocenters. The van der Waals surface area contributed by atoms with Crippen LogP contribution in [0.1, 0.15) is 39.7 Å². The van der Waals surface area contributed by atoms with Gasteiger partial charge in [-0.3, -0.25) is 10.1 Å². The highest BCUT2D eigenvalue weighted by Gasteiger charge is 2.29. The van der Waals surface area contributed by atoms with E-state index in [0.29, 0.717) is 11.1 Å². The van der Waals surface area contributed by atoms with Crippen molar-refractivity contribution in [1.29, 1.82) is 0 Å². The molecule has 2 aromatic carbocycles. The van der Waals surface area contributed by atoms with Crippen molar-refractivity contribution in [3.05, 3.63) is 59.7 Å². The van der Waals surface area contributed by atoms with Crippen molar-refractivity contribution in [2.24, 2.45) is 0 Å². The van der Waals surface area contributed by atoms with E-state index in [1.54, 1.807) is 35.8 Å². The molecule has 28 heavy (non-hydrogen) atoms. The number of nitrogens with zero attached hydrogens (tertiary/aromatic N) is 2. The summed E-state index contributed by atoms with van der Waals surface area (Å²) >= 11 is 0. The van der Waals surface area contributed by atoms with Gasteiger partial charge in [0.25, 0.3) is 0 Å². The predicted molar refractivity (Wildman–Crippen MR) is 104 cm³/mol. The highest BCUT2D eigenvalue weighted by atomic mass is 19.2. The number of halogens is 2. The van der Waals surface area contributed by atoms with E-state index in [1.165, 1.54) is 0 Å². The first-order valence-electron chi connectivity index (χ1n) is 8.95. The number of carbonyl (C=O) groups is 1. The topological polar surface area (TPSA) is 67.2 Å². The van der Waals surface area contributed by atoms with Gasteiger partial charge in [-0.15, -0.1) is 0 Å². The normalized spacial score (nSPS) is 14.1. The molecule has 0 fully saturated rings. The van der Waals surface area contributed by atoms with Gasteiger partial charge in [0.2, 0.25) is 11.9 Å². The van der Waals surface area contributed by atoms with Gasteiger partial charge in [-0.05, 0) is 33.3 Å². The fourth-order valence-corrected chi connectivity index (χ4v) is 3.22. The highest BCUT2D eigenvalue weighted by Crippen LogP contribution is 2.30. The molecule has 0 aliphatic rings. The maximum atomic E-state index is 13.8. The molecule has 3 rings (SSSR count). The quantitative estimate of drug-likeness (QED) is 0.701. The number of amides is 1. The molecule has 0 saturated heterocycles. The van der Waals surface area contributed by atoms with Gasteiger partial charge in [-0.1, -0.05) is 30.3 Å². The maximum Gasteiger partial charge on any atom is 0.229 e. The Hall–Kier alpha value is -2.80. The lowest BCUT2D eigenvalue weighted by Crippen LogP contribution is -2.31. The molecular weight excluding hydrogens is 364 g/mol. The van der Waals surface area contributed by atoms with E-state index in [1.807, 2.05) is 26.8 Å². The second-order valence-corrected chi connectivity index (χ2v) is 8.06. The Balaban J connectivity index is 1.94. The van der Waals surface area contributed by atoms with Crippen LogP contribution in [0.4, 0.5) is 14.7 Å². The summed E-state index contributed by atoms with van der Waals surface area (Å²) in [5.41, 5.74) is -0.708. The molecule has 2 N–H and O–H groups in total. The third kappa shape index (κ3) is 3.89. The van der Waals surface area contributed by atoms with Crippen molar-refractivity contribution >= 4 is 22.9 Å². The van der Waals surface area contributed by atoms with Crippen LogP contribution in [0, 0.1) is 11.6 Å². The largest absolute Gasteiger partial charge is 0.385 e. The van der Waals surface area contributed by atoms with Gasteiger partial charge in [-0.2, -0.15) is 0 Å². The van der Waals surface area contributed by atoms with Crippen molar-refractivity contribution in [2.45, 2.75) is 45.3 Å². The van der Waals surface area contributed by atoms with Crippen molar-refractivity contribution in [2.75, 3.05) is 5.32 Å². The maximum absolute atomic E-state index is 13.8. The minimum atomic E-state index is -1.37. The average Bonchev–Trinajstić information content (AvgIpc) is 2.92. The van der Waals surface area contributed by atoms with E-state index < -0.39 is 28.7 Å². The minimum absolute atomic E-state index is 0.168. The Bertz CT molecular complexity index is 1020. The second kappa shape index (κ2) is 6.98. The number of fused-ring (bicyclic) bond motifs is 1. The Morgan fingerprint density at radius 2 is 1.71 bits per heavy atom. The summed E-state index contributed by atoms with van der Waals surface area (Å²) in [5, 5.41) is 13.4. The molecule has 0 aliphatic heterocycles. The van der Waals surface area contributed by atoms with Crippen LogP contribution < -0.4 is 5.32 Å². The molecule has 0 radical (unpaired) electrons. The third-order valence-electron chi connectivity index (χ3n) is 4.52. The van der Waals surface area contributed by atoms with Gasteiger partial charge in [-0.25, -0.2) is 13.8 Å². The zero-order chi connectivity index (χ0) is 20.7. The number of carbonyl (C=O) groups excluding carboxylic acids is 1. The standard InChI is InChI=1S/C21H23F2N3O2/c1-20(2,3)26-17-11-15(23)14(22)10-16(17)24-19(26)25-18(27)12-21(4,28)13-8-6-5-7-9-13/h5-11,28H,12H2,1-4H3,(H,24,25,27)/t21-/m0/s1. The van der Waals surface area contributed by atoms with E-state index in [9.17, 15) is 18.7 Å². The first-order valence-corrected chi connectivity index (χ1v) is 8.95. The minimum Gasteiger partial charge on any atom is -0.385 e. The molecule has 0 saturated carbocycles. The second-order valence-electron chi connectivity index (χ2n) is 8.06. The molecule has 5 nitrogen and oxygen atoms in total. The lowest BCUT2D eigenvalue weighted by Gasteiger charge is -2.26. The van der Waals surface area contributed by atoms with Crippen molar-refractivity contribution in [1.82, 2.24) is 9.55 Å². The Labute approximate surface area is 162 Å². The van der Waals surface area contributed by atoms with E-state index in [4.69, 9.17) is 0 Å². The van der Waals surface area contributed by atoms with Crippen LogP contribution in [0.5, 0.6) is 0 Å². The van der Waals surface area contributed by atoms with Gasteiger partial charge in [0, 0.05) is 17.7 Å². The lowest BCUT2D eigenvalue weighted by atomic mass is 9.92. The number of rotatable bonds is 4. The van der Waals surface area contributed by atoms with E-state index >= 15 is 0 Å². The number of imidazole rings is 1. The van der Waals surface area contributed by atoms with Crippen molar-refractivity contribution in [3.8, 4) is 0 Å². The van der Waals surface area contributed by atoms with Crippen LogP contribution in [-0.2, 0) is 15.9 Å². The first kappa shape index (κ1) is 19.9. The van der Waals surface area contributed by atoms with Gasteiger partial charge < -0.3 is 9.67 Å².